The molecule has 0 unspecified atom stereocenters. The van der Waals surface area contributed by atoms with E-state index in [1.165, 1.54) is 0 Å². The Morgan fingerprint density at radius 1 is 1.25 bits per heavy atom. The lowest BCUT2D eigenvalue weighted by atomic mass is 9.95. The van der Waals surface area contributed by atoms with Crippen LogP contribution in [0.4, 0.5) is 5.82 Å². The monoisotopic (exact) mass is 382 g/mol. The van der Waals surface area contributed by atoms with Crippen molar-refractivity contribution in [3.05, 3.63) is 35.6 Å². The molecule has 2 amide bonds. The molecule has 0 aliphatic carbocycles. The molecule has 9 nitrogen and oxygen atoms in total. The van der Waals surface area contributed by atoms with E-state index in [9.17, 15) is 9.59 Å². The van der Waals surface area contributed by atoms with Gasteiger partial charge in [-0.3, -0.25) is 9.59 Å². The molecule has 9 heteroatoms. The highest BCUT2D eigenvalue weighted by Gasteiger charge is 2.28. The summed E-state index contributed by atoms with van der Waals surface area (Å²) >= 11 is 0. The minimum Gasteiger partial charge on any atom is -0.360 e. The van der Waals surface area contributed by atoms with Gasteiger partial charge in [0.1, 0.15) is 11.3 Å². The Hall–Kier alpha value is -3.23. The van der Waals surface area contributed by atoms with E-state index in [1.807, 2.05) is 19.1 Å². The van der Waals surface area contributed by atoms with Crippen LogP contribution in [0.5, 0.6) is 0 Å². The van der Waals surface area contributed by atoms with Crippen LogP contribution in [0.3, 0.4) is 0 Å². The highest BCUT2D eigenvalue weighted by atomic mass is 16.5. The summed E-state index contributed by atoms with van der Waals surface area (Å²) in [6.07, 6.45) is 1.23. The number of rotatable bonds is 4. The fourth-order valence-electron chi connectivity index (χ4n) is 3.52. The molecule has 3 aromatic rings. The van der Waals surface area contributed by atoms with Gasteiger partial charge in [-0.1, -0.05) is 10.4 Å². The molecule has 1 N–H and O–H groups in total. The first-order chi connectivity index (χ1) is 13.5. The van der Waals surface area contributed by atoms with Gasteiger partial charge in [-0.25, -0.2) is 4.68 Å². The number of piperidine rings is 1. The Balaban J connectivity index is 1.37. The lowest BCUT2D eigenvalue weighted by Crippen LogP contribution is -2.41. The second kappa shape index (κ2) is 7.41. The first kappa shape index (κ1) is 18.1. The number of carbonyl (C=O) groups is 2. The van der Waals surface area contributed by atoms with E-state index in [1.54, 1.807) is 28.6 Å². The van der Waals surface area contributed by atoms with Crippen LogP contribution >= 0.6 is 0 Å². The summed E-state index contributed by atoms with van der Waals surface area (Å²) in [4.78, 5) is 27.0. The van der Waals surface area contributed by atoms with Crippen molar-refractivity contribution in [2.45, 2.75) is 33.2 Å². The van der Waals surface area contributed by atoms with Crippen LogP contribution in [-0.2, 0) is 11.3 Å². The molecule has 4 rings (SSSR count). The van der Waals surface area contributed by atoms with Crippen LogP contribution in [0.15, 0.2) is 28.8 Å². The molecule has 0 saturated carbocycles. The maximum atomic E-state index is 12.8. The first-order valence-electron chi connectivity index (χ1n) is 9.42. The zero-order chi connectivity index (χ0) is 19.7. The predicted molar refractivity (Wildman–Crippen MR) is 102 cm³/mol. The molecule has 2 aromatic heterocycles. The number of benzene rings is 1. The molecule has 0 spiro atoms. The van der Waals surface area contributed by atoms with Gasteiger partial charge < -0.3 is 14.7 Å². The quantitative estimate of drug-likeness (QED) is 0.742. The first-order valence-corrected chi connectivity index (χ1v) is 9.42. The number of nitrogens with zero attached hydrogens (tertiary/aromatic N) is 5. The van der Waals surface area contributed by atoms with Crippen LogP contribution < -0.4 is 5.32 Å². The average Bonchev–Trinajstić information content (AvgIpc) is 3.32. The van der Waals surface area contributed by atoms with Gasteiger partial charge in [-0.15, -0.1) is 5.10 Å². The molecule has 3 heterocycles. The third-order valence-corrected chi connectivity index (χ3v) is 5.09. The molecule has 1 fully saturated rings. The lowest BCUT2D eigenvalue weighted by Gasteiger charge is -2.31. The van der Waals surface area contributed by atoms with Crippen molar-refractivity contribution in [1.29, 1.82) is 0 Å². The minimum atomic E-state index is -0.145. The summed E-state index contributed by atoms with van der Waals surface area (Å²) in [7, 11) is 0. The minimum absolute atomic E-state index is 0.0427. The van der Waals surface area contributed by atoms with Gasteiger partial charge in [0.2, 0.25) is 5.91 Å². The molecule has 1 aromatic carbocycles. The molecule has 0 bridgehead atoms. The number of amides is 2. The topological polar surface area (TPSA) is 106 Å². The van der Waals surface area contributed by atoms with Crippen molar-refractivity contribution >= 4 is 28.7 Å². The molecule has 0 radical (unpaired) electrons. The summed E-state index contributed by atoms with van der Waals surface area (Å²) in [6, 6.07) is 7.15. The van der Waals surface area contributed by atoms with E-state index in [0.29, 0.717) is 48.6 Å². The van der Waals surface area contributed by atoms with Crippen molar-refractivity contribution in [3.8, 4) is 0 Å². The molecule has 146 valence electrons. The van der Waals surface area contributed by atoms with Gasteiger partial charge in [-0.05, 0) is 44.9 Å². The van der Waals surface area contributed by atoms with Gasteiger partial charge in [0.15, 0.2) is 5.82 Å². The van der Waals surface area contributed by atoms with Crippen molar-refractivity contribution in [2.24, 2.45) is 5.92 Å². The number of fused-ring (bicyclic) bond motifs is 1. The van der Waals surface area contributed by atoms with Crippen LogP contribution in [0.25, 0.3) is 11.0 Å². The molecular weight excluding hydrogens is 360 g/mol. The molecular formula is C19H22N6O3. The second-order valence-electron chi connectivity index (χ2n) is 6.99. The van der Waals surface area contributed by atoms with Crippen LogP contribution in [0.1, 0.15) is 35.9 Å². The number of aryl methyl sites for hydroxylation is 2. The summed E-state index contributed by atoms with van der Waals surface area (Å²) in [5, 5.41) is 14.8. The lowest BCUT2D eigenvalue weighted by molar-refractivity contribution is -0.121. The Morgan fingerprint density at radius 3 is 2.71 bits per heavy atom. The zero-order valence-corrected chi connectivity index (χ0v) is 15.9. The van der Waals surface area contributed by atoms with Crippen LogP contribution in [0, 0.1) is 12.8 Å². The maximum Gasteiger partial charge on any atom is 0.253 e. The highest BCUT2D eigenvalue weighted by Crippen LogP contribution is 2.22. The van der Waals surface area contributed by atoms with Gasteiger partial charge in [0.05, 0.1) is 5.52 Å². The smallest absolute Gasteiger partial charge is 0.253 e. The number of hydrogen-bond acceptors (Lipinski definition) is 6. The summed E-state index contributed by atoms with van der Waals surface area (Å²) in [5.74, 6) is 0.797. The molecule has 1 saturated heterocycles. The molecule has 0 atom stereocenters. The number of likely N-dealkylation sites (tertiary alicyclic amines) is 1. The van der Waals surface area contributed by atoms with Crippen molar-refractivity contribution < 1.29 is 14.1 Å². The standard InChI is InChI=1S/C19H22N6O3/c1-3-25-16-5-4-14(11-15(16)21-23-25)19(27)24-8-6-13(7-9-24)18(26)20-17-10-12(2)28-22-17/h4-5,10-11,13H,3,6-9H2,1-2H3,(H,20,22,26). The SMILES string of the molecule is CCn1nnc2cc(C(=O)N3CCC(C(=O)Nc4cc(C)on4)CC3)ccc21. The number of anilines is 1. The van der Waals surface area contributed by atoms with Crippen molar-refractivity contribution in [1.82, 2.24) is 25.1 Å². The summed E-state index contributed by atoms with van der Waals surface area (Å²) < 4.78 is 6.76. The van der Waals surface area contributed by atoms with E-state index >= 15 is 0 Å². The van der Waals surface area contributed by atoms with E-state index in [2.05, 4.69) is 20.8 Å². The largest absolute Gasteiger partial charge is 0.360 e. The maximum absolute atomic E-state index is 12.8. The highest BCUT2D eigenvalue weighted by molar-refractivity contribution is 5.97. The molecule has 28 heavy (non-hydrogen) atoms. The van der Waals surface area contributed by atoms with E-state index in [0.717, 1.165) is 12.1 Å². The van der Waals surface area contributed by atoms with Crippen molar-refractivity contribution in [3.63, 3.8) is 0 Å². The summed E-state index contributed by atoms with van der Waals surface area (Å²) in [5.41, 5.74) is 2.22. The van der Waals surface area contributed by atoms with Gasteiger partial charge in [0.25, 0.3) is 5.91 Å². The molecule has 1 aliphatic heterocycles. The Bertz CT molecular complexity index is 1020. The number of aromatic nitrogens is 4. The van der Waals surface area contributed by atoms with E-state index < -0.39 is 0 Å². The molecule has 1 aliphatic rings. The number of hydrogen-bond donors (Lipinski definition) is 1. The van der Waals surface area contributed by atoms with E-state index in [4.69, 9.17) is 4.52 Å². The summed E-state index contributed by atoms with van der Waals surface area (Å²) in [6.45, 7) is 5.57. The Labute approximate surface area is 161 Å². The predicted octanol–water partition coefficient (Wildman–Crippen LogP) is 2.24. The van der Waals surface area contributed by atoms with Crippen LogP contribution in [0.2, 0.25) is 0 Å². The average molecular weight is 382 g/mol. The Kier molecular flexibility index (Phi) is 4.81. The van der Waals surface area contributed by atoms with Gasteiger partial charge >= 0.3 is 0 Å². The van der Waals surface area contributed by atoms with Gasteiger partial charge in [0, 0.05) is 37.2 Å². The zero-order valence-electron chi connectivity index (χ0n) is 15.9. The normalized spacial score (nSPS) is 15.1. The number of nitrogens with one attached hydrogen (secondary N) is 1. The van der Waals surface area contributed by atoms with Crippen LogP contribution in [-0.4, -0.2) is 50.0 Å². The van der Waals surface area contributed by atoms with Crippen molar-refractivity contribution in [2.75, 3.05) is 18.4 Å². The third kappa shape index (κ3) is 3.47. The third-order valence-electron chi connectivity index (χ3n) is 5.09. The fourth-order valence-corrected chi connectivity index (χ4v) is 3.52. The van der Waals surface area contributed by atoms with Gasteiger partial charge in [-0.2, -0.15) is 0 Å². The van der Waals surface area contributed by atoms with E-state index in [-0.39, 0.29) is 17.7 Å². The number of carbonyl (C=O) groups excluding carboxylic acids is 2. The fraction of sp³-hybridized carbons (Fsp3) is 0.421. The Morgan fingerprint density at radius 2 is 2.04 bits per heavy atom. The second-order valence-corrected chi connectivity index (χ2v) is 6.99.